The van der Waals surface area contributed by atoms with Crippen molar-refractivity contribution in [3.05, 3.63) is 47.0 Å². The van der Waals surface area contributed by atoms with Gasteiger partial charge in [0.15, 0.2) is 11.7 Å². The monoisotopic (exact) mass is 785 g/mol. The molecule has 1 aromatic carbocycles. The third-order valence-corrected chi connectivity index (χ3v) is 12.5. The Bertz CT molecular complexity index is 1750. The highest BCUT2D eigenvalue weighted by Crippen LogP contribution is 2.65. The molecule has 4 N–H and O–H groups in total. The molecule has 1 saturated heterocycles. The minimum atomic E-state index is -2.17. The van der Waals surface area contributed by atoms with Crippen molar-refractivity contribution in [3.8, 4) is 0 Å². The van der Waals surface area contributed by atoms with Crippen molar-refractivity contribution in [2.75, 3.05) is 6.61 Å². The largest absolute Gasteiger partial charge is 0.456 e. The number of hydrogen-bond acceptors (Lipinski definition) is 13. The average molecular weight is 786 g/mol. The number of Topliss-reactive ketones (excluding diaryl/α,β-unsaturated/α-hetero) is 1. The summed E-state index contributed by atoms with van der Waals surface area (Å²) in [6.07, 6.45) is -8.15. The molecule has 14 nitrogen and oxygen atoms in total. The number of esters is 3. The highest BCUT2D eigenvalue weighted by molar-refractivity contribution is 5.92. The molecular formula is C42H59NO13. The van der Waals surface area contributed by atoms with Gasteiger partial charge in [0, 0.05) is 31.1 Å². The zero-order valence-corrected chi connectivity index (χ0v) is 34.3. The number of amides is 1. The molecule has 2 saturated carbocycles. The molecule has 14 heteroatoms. The van der Waals surface area contributed by atoms with Gasteiger partial charge in [-0.05, 0) is 70.2 Å². The van der Waals surface area contributed by atoms with Gasteiger partial charge in [-0.3, -0.25) is 9.59 Å². The predicted octanol–water partition coefficient (Wildman–Crippen LogP) is 4.21. The quantitative estimate of drug-likeness (QED) is 0.158. The van der Waals surface area contributed by atoms with E-state index < -0.39 is 106 Å². The third-order valence-electron chi connectivity index (χ3n) is 12.5. The van der Waals surface area contributed by atoms with E-state index in [0.717, 1.165) is 0 Å². The molecule has 1 aromatic rings. The summed E-state index contributed by atoms with van der Waals surface area (Å²) < 4.78 is 29.8. The molecule has 4 aliphatic rings. The Morgan fingerprint density at radius 2 is 1.68 bits per heavy atom. The molecule has 11 atom stereocenters. The zero-order chi connectivity index (χ0) is 41.9. The number of ketones is 1. The normalized spacial score (nSPS) is 34.7. The average Bonchev–Trinajstić information content (AvgIpc) is 3.08. The Kier molecular flexibility index (Phi) is 11.7. The number of aliphatic hydroxyl groups is 3. The molecule has 1 aliphatic heterocycles. The van der Waals surface area contributed by atoms with Crippen LogP contribution in [-0.4, -0.2) is 105 Å². The number of alkyl carbamates (subject to hydrolysis) is 1. The molecule has 1 heterocycles. The first-order valence-electron chi connectivity index (χ1n) is 19.4. The Hall–Kier alpha value is -3.85. The minimum Gasteiger partial charge on any atom is -0.456 e. The second-order valence-electron chi connectivity index (χ2n) is 18.2. The number of aliphatic hydroxyl groups excluding tert-OH is 2. The molecule has 3 fully saturated rings. The third kappa shape index (κ3) is 7.38. The van der Waals surface area contributed by atoms with Crippen LogP contribution in [0.25, 0.3) is 0 Å². The van der Waals surface area contributed by atoms with Crippen molar-refractivity contribution in [1.29, 1.82) is 0 Å². The number of hydrogen-bond donors (Lipinski definition) is 4. The van der Waals surface area contributed by atoms with Crippen LogP contribution in [0.5, 0.6) is 0 Å². The molecule has 0 unspecified atom stereocenters. The van der Waals surface area contributed by atoms with E-state index in [4.69, 9.17) is 23.7 Å². The van der Waals surface area contributed by atoms with Crippen LogP contribution in [0.15, 0.2) is 41.5 Å². The second kappa shape index (κ2) is 15.1. The first-order valence-corrected chi connectivity index (χ1v) is 19.4. The fraction of sp³-hybridized carbons (Fsp3) is 0.690. The Morgan fingerprint density at radius 3 is 2.21 bits per heavy atom. The molecular weight excluding hydrogens is 726 g/mol. The minimum absolute atomic E-state index is 0.0645. The van der Waals surface area contributed by atoms with Crippen molar-refractivity contribution >= 4 is 29.8 Å². The maximum Gasteiger partial charge on any atom is 0.407 e. The van der Waals surface area contributed by atoms with Gasteiger partial charge in [0.2, 0.25) is 0 Å². The van der Waals surface area contributed by atoms with Crippen LogP contribution < -0.4 is 5.32 Å². The van der Waals surface area contributed by atoms with Crippen molar-refractivity contribution in [1.82, 2.24) is 5.32 Å². The van der Waals surface area contributed by atoms with Crippen LogP contribution in [0.3, 0.4) is 0 Å². The number of nitrogens with one attached hydrogen (secondary N) is 1. The summed E-state index contributed by atoms with van der Waals surface area (Å²) in [5.41, 5.74) is -6.76. The standard InChI is InChI=1S/C42H59NO13/c1-21(2)17-26(43-37(50)56-38(6,7)8)31(46)36(49)53-27-19-42(51)34(54-35(48)25-15-13-12-14-16-25)32-40(11,33(47)23(4)30(22(27)3)39(42,9)10)28(45)18-29-41(32,20-52-29)55-24(5)44/h12-16,21,23,26-29,31-32,34,45-46,51H,17-20H2,1-11H3,(H,43,50)/t23-,26+,27+,28+,29-,31-,32+,34+,40-,41+,42-/m1/s1. The summed E-state index contributed by atoms with van der Waals surface area (Å²) in [7, 11) is 0. The van der Waals surface area contributed by atoms with Gasteiger partial charge in [-0.15, -0.1) is 0 Å². The van der Waals surface area contributed by atoms with Gasteiger partial charge in [-0.25, -0.2) is 14.4 Å². The van der Waals surface area contributed by atoms with Crippen LogP contribution >= 0.6 is 0 Å². The van der Waals surface area contributed by atoms with Gasteiger partial charge in [0.05, 0.1) is 35.6 Å². The molecule has 1 amide bonds. The van der Waals surface area contributed by atoms with Crippen LogP contribution in [0, 0.1) is 28.6 Å². The van der Waals surface area contributed by atoms with Crippen LogP contribution in [-0.2, 0) is 38.1 Å². The van der Waals surface area contributed by atoms with Gasteiger partial charge in [-0.2, -0.15) is 0 Å². The number of rotatable bonds is 9. The summed E-state index contributed by atoms with van der Waals surface area (Å²) in [6, 6.07) is 6.94. The number of carbonyl (C=O) groups excluding carboxylic acids is 5. The van der Waals surface area contributed by atoms with Crippen molar-refractivity contribution in [3.63, 3.8) is 0 Å². The summed E-state index contributed by atoms with van der Waals surface area (Å²) in [5, 5.41) is 39.4. The lowest BCUT2D eigenvalue weighted by atomic mass is 9.43. The number of fused-ring (bicyclic) bond motifs is 5. The lowest BCUT2D eigenvalue weighted by molar-refractivity contribution is -0.345. The van der Waals surface area contributed by atoms with Crippen molar-refractivity contribution in [2.45, 2.75) is 149 Å². The molecule has 5 rings (SSSR count). The SMILES string of the molecule is CC(=O)O[C@@]12CO[C@@H]1C[C@H](O)[C@@]1(C)C(=O)[C@H](C)C3=C(C)[C@@H](OC(=O)[C@H](O)[C@H](CC(C)C)NC(=O)OC(C)(C)C)C[C@@](O)([C@@H](OC(=O)c4ccccc4)[C@H]21)C3(C)C. The zero-order valence-electron chi connectivity index (χ0n) is 34.3. The fourth-order valence-corrected chi connectivity index (χ4v) is 9.88. The van der Waals surface area contributed by atoms with Gasteiger partial charge in [0.25, 0.3) is 0 Å². The maximum atomic E-state index is 15.1. The lowest BCUT2D eigenvalue weighted by Gasteiger charge is -2.67. The maximum absolute atomic E-state index is 15.1. The molecule has 0 spiro atoms. The smallest absolute Gasteiger partial charge is 0.407 e. The van der Waals surface area contributed by atoms with Gasteiger partial charge < -0.3 is 44.3 Å². The highest BCUT2D eigenvalue weighted by Gasteiger charge is 2.77. The van der Waals surface area contributed by atoms with E-state index in [1.807, 2.05) is 13.8 Å². The molecule has 310 valence electrons. The summed E-state index contributed by atoms with van der Waals surface area (Å²) in [5.74, 6) is -5.51. The predicted molar refractivity (Wildman–Crippen MR) is 201 cm³/mol. The highest BCUT2D eigenvalue weighted by atomic mass is 16.6. The van der Waals surface area contributed by atoms with E-state index in [2.05, 4.69) is 5.32 Å². The van der Waals surface area contributed by atoms with E-state index in [0.29, 0.717) is 11.1 Å². The Labute approximate surface area is 328 Å². The van der Waals surface area contributed by atoms with Gasteiger partial charge in [0.1, 0.15) is 35.3 Å². The molecule has 0 radical (unpaired) electrons. The molecule has 3 aliphatic carbocycles. The molecule has 2 bridgehead atoms. The van der Waals surface area contributed by atoms with Gasteiger partial charge in [-0.1, -0.05) is 52.8 Å². The van der Waals surface area contributed by atoms with Crippen LogP contribution in [0.2, 0.25) is 0 Å². The summed E-state index contributed by atoms with van der Waals surface area (Å²) in [4.78, 5) is 68.8. The van der Waals surface area contributed by atoms with E-state index >= 15 is 4.79 Å². The van der Waals surface area contributed by atoms with Crippen molar-refractivity contribution in [2.24, 2.45) is 28.6 Å². The van der Waals surface area contributed by atoms with Crippen LogP contribution in [0.1, 0.15) is 106 Å². The molecule has 56 heavy (non-hydrogen) atoms. The van der Waals surface area contributed by atoms with E-state index in [1.54, 1.807) is 73.6 Å². The molecule has 0 aromatic heterocycles. The van der Waals surface area contributed by atoms with E-state index in [-0.39, 0.29) is 37.4 Å². The second-order valence-corrected chi connectivity index (χ2v) is 18.2. The van der Waals surface area contributed by atoms with E-state index in [9.17, 15) is 34.5 Å². The van der Waals surface area contributed by atoms with Crippen LogP contribution in [0.4, 0.5) is 4.79 Å². The first-order chi connectivity index (χ1) is 25.8. The number of benzene rings is 1. The topological polar surface area (TPSA) is 204 Å². The summed E-state index contributed by atoms with van der Waals surface area (Å²) >= 11 is 0. The number of ether oxygens (including phenoxy) is 5. The Balaban J connectivity index is 1.66. The Morgan fingerprint density at radius 1 is 1.05 bits per heavy atom. The van der Waals surface area contributed by atoms with Crippen molar-refractivity contribution < 1.29 is 63.0 Å². The van der Waals surface area contributed by atoms with Gasteiger partial charge >= 0.3 is 24.0 Å². The van der Waals surface area contributed by atoms with E-state index in [1.165, 1.54) is 19.1 Å². The fourth-order valence-electron chi connectivity index (χ4n) is 9.88. The lowest BCUT2D eigenvalue weighted by Crippen LogP contribution is -2.81. The first kappa shape index (κ1) is 43.3. The number of carbonyl (C=O) groups is 5. The summed E-state index contributed by atoms with van der Waals surface area (Å²) in [6.45, 7) is 18.1.